The van der Waals surface area contributed by atoms with Gasteiger partial charge in [-0.15, -0.1) is 0 Å². The highest BCUT2D eigenvalue weighted by molar-refractivity contribution is 5.95. The van der Waals surface area contributed by atoms with Gasteiger partial charge in [0.1, 0.15) is 5.84 Å². The van der Waals surface area contributed by atoms with E-state index in [0.29, 0.717) is 6.04 Å². The Kier molecular flexibility index (Phi) is 4.43. The van der Waals surface area contributed by atoms with Crippen molar-refractivity contribution in [3.63, 3.8) is 0 Å². The third-order valence-electron chi connectivity index (χ3n) is 4.04. The number of nitrogens with zero attached hydrogens (tertiary/aromatic N) is 2. The molecule has 1 aliphatic rings. The molecule has 1 aliphatic heterocycles. The maximum absolute atomic E-state index is 7.41. The summed E-state index contributed by atoms with van der Waals surface area (Å²) in [4.78, 5) is 4.96. The molecule has 0 radical (unpaired) electrons. The van der Waals surface area contributed by atoms with E-state index in [0.717, 1.165) is 31.7 Å². The van der Waals surface area contributed by atoms with E-state index in [9.17, 15) is 0 Å². The summed E-state index contributed by atoms with van der Waals surface area (Å²) in [5.74, 6) is 0.133. The Hall–Kier alpha value is -1.55. The van der Waals surface area contributed by atoms with Crippen molar-refractivity contribution in [3.8, 4) is 0 Å². The molecule has 4 nitrogen and oxygen atoms in total. The average Bonchev–Trinajstić information content (AvgIpc) is 2.90. The summed E-state index contributed by atoms with van der Waals surface area (Å²) in [6.07, 6.45) is 1.23. The van der Waals surface area contributed by atoms with Gasteiger partial charge in [-0.2, -0.15) is 0 Å². The third kappa shape index (κ3) is 3.07. The smallest absolute Gasteiger partial charge is 0.122 e. The van der Waals surface area contributed by atoms with Crippen LogP contribution in [0.15, 0.2) is 24.3 Å². The molecule has 1 saturated heterocycles. The van der Waals surface area contributed by atoms with Crippen molar-refractivity contribution < 1.29 is 0 Å². The summed E-state index contributed by atoms with van der Waals surface area (Å²) in [5, 5.41) is 7.41. The monoisotopic (exact) mass is 260 g/mol. The Morgan fingerprint density at radius 1 is 1.32 bits per heavy atom. The first-order valence-corrected chi connectivity index (χ1v) is 7.09. The van der Waals surface area contributed by atoms with Crippen LogP contribution in [-0.4, -0.2) is 43.0 Å². The molecule has 0 aromatic heterocycles. The van der Waals surface area contributed by atoms with Crippen LogP contribution < -0.4 is 10.6 Å². The van der Waals surface area contributed by atoms with E-state index in [1.54, 1.807) is 0 Å². The van der Waals surface area contributed by atoms with Gasteiger partial charge in [0.2, 0.25) is 0 Å². The van der Waals surface area contributed by atoms with E-state index in [1.807, 2.05) is 12.1 Å². The van der Waals surface area contributed by atoms with E-state index >= 15 is 0 Å². The molecule has 0 aliphatic carbocycles. The van der Waals surface area contributed by atoms with E-state index < -0.39 is 0 Å². The predicted octanol–water partition coefficient (Wildman–Crippen LogP) is 1.89. The summed E-state index contributed by atoms with van der Waals surface area (Å²) in [5.41, 5.74) is 7.51. The molecule has 0 saturated carbocycles. The number of anilines is 1. The number of nitrogens with one attached hydrogen (secondary N) is 1. The summed E-state index contributed by atoms with van der Waals surface area (Å²) in [7, 11) is 0. The van der Waals surface area contributed by atoms with Crippen molar-refractivity contribution in [1.82, 2.24) is 4.90 Å². The highest BCUT2D eigenvalue weighted by Crippen LogP contribution is 2.23. The van der Waals surface area contributed by atoms with Gasteiger partial charge in [0.05, 0.1) is 0 Å². The van der Waals surface area contributed by atoms with Crippen LogP contribution in [0.4, 0.5) is 5.69 Å². The molecule has 1 unspecified atom stereocenters. The Balaban J connectivity index is 2.02. The van der Waals surface area contributed by atoms with Gasteiger partial charge in [-0.05, 0) is 43.8 Å². The number of likely N-dealkylation sites (N-methyl/N-ethyl adjacent to an activating group) is 1. The van der Waals surface area contributed by atoms with Crippen LogP contribution in [-0.2, 0) is 0 Å². The largest absolute Gasteiger partial charge is 0.384 e. The number of hydrogen-bond donors (Lipinski definition) is 2. The Morgan fingerprint density at radius 2 is 1.95 bits per heavy atom. The fourth-order valence-corrected chi connectivity index (χ4v) is 2.87. The molecule has 2 rings (SSSR count). The zero-order valence-corrected chi connectivity index (χ0v) is 11.9. The molecule has 104 valence electrons. The molecular formula is C15H24N4. The van der Waals surface area contributed by atoms with Gasteiger partial charge in [-0.3, -0.25) is 10.3 Å². The van der Waals surface area contributed by atoms with Crippen LogP contribution in [0.5, 0.6) is 0 Å². The van der Waals surface area contributed by atoms with Crippen LogP contribution in [0.2, 0.25) is 0 Å². The molecule has 19 heavy (non-hydrogen) atoms. The van der Waals surface area contributed by atoms with E-state index in [4.69, 9.17) is 11.1 Å². The van der Waals surface area contributed by atoms with Gasteiger partial charge < -0.3 is 10.6 Å². The second kappa shape index (κ2) is 6.06. The Bertz CT molecular complexity index is 422. The van der Waals surface area contributed by atoms with E-state index in [2.05, 4.69) is 35.8 Å². The Labute approximate surface area is 115 Å². The normalized spacial score (nSPS) is 19.1. The molecular weight excluding hydrogens is 236 g/mol. The van der Waals surface area contributed by atoms with Crippen LogP contribution >= 0.6 is 0 Å². The second-order valence-corrected chi connectivity index (χ2v) is 5.07. The Morgan fingerprint density at radius 3 is 2.47 bits per heavy atom. The highest BCUT2D eigenvalue weighted by Gasteiger charge is 2.26. The summed E-state index contributed by atoms with van der Waals surface area (Å²) >= 11 is 0. The molecule has 1 heterocycles. The lowest BCUT2D eigenvalue weighted by Crippen LogP contribution is -2.37. The summed E-state index contributed by atoms with van der Waals surface area (Å²) in [6, 6.07) is 8.68. The van der Waals surface area contributed by atoms with Gasteiger partial charge in [0.15, 0.2) is 0 Å². The average molecular weight is 260 g/mol. The minimum absolute atomic E-state index is 0.133. The first kappa shape index (κ1) is 13.9. The highest BCUT2D eigenvalue weighted by atomic mass is 15.2. The van der Waals surface area contributed by atoms with Crippen molar-refractivity contribution in [1.29, 1.82) is 5.41 Å². The maximum Gasteiger partial charge on any atom is 0.122 e. The molecule has 3 N–H and O–H groups in total. The van der Waals surface area contributed by atoms with Crippen molar-refractivity contribution >= 4 is 11.5 Å². The number of nitrogen functional groups attached to an aromatic ring is 1. The van der Waals surface area contributed by atoms with Crippen molar-refractivity contribution in [2.75, 3.05) is 31.1 Å². The van der Waals surface area contributed by atoms with Gasteiger partial charge in [-0.1, -0.05) is 13.8 Å². The topological polar surface area (TPSA) is 56.4 Å². The molecule has 4 heteroatoms. The molecule has 0 bridgehead atoms. The van der Waals surface area contributed by atoms with Gasteiger partial charge in [-0.25, -0.2) is 0 Å². The first-order valence-electron chi connectivity index (χ1n) is 7.09. The lowest BCUT2D eigenvalue weighted by Gasteiger charge is -2.26. The number of rotatable bonds is 5. The fourth-order valence-electron chi connectivity index (χ4n) is 2.87. The van der Waals surface area contributed by atoms with E-state index in [-0.39, 0.29) is 5.84 Å². The number of hydrogen-bond acceptors (Lipinski definition) is 3. The van der Waals surface area contributed by atoms with Gasteiger partial charge in [0.25, 0.3) is 0 Å². The van der Waals surface area contributed by atoms with Crippen molar-refractivity contribution in [2.45, 2.75) is 26.3 Å². The van der Waals surface area contributed by atoms with Crippen LogP contribution in [0, 0.1) is 5.41 Å². The maximum atomic E-state index is 7.41. The van der Waals surface area contributed by atoms with Crippen molar-refractivity contribution in [3.05, 3.63) is 29.8 Å². The quantitative estimate of drug-likeness (QED) is 0.628. The predicted molar refractivity (Wildman–Crippen MR) is 81.0 cm³/mol. The summed E-state index contributed by atoms with van der Waals surface area (Å²) < 4.78 is 0. The van der Waals surface area contributed by atoms with Crippen LogP contribution in [0.1, 0.15) is 25.8 Å². The standard InChI is InChI=1S/C15H24N4/c1-3-18(4-2)14-9-10-19(11-14)13-7-5-12(6-8-13)15(16)17/h5-8,14H,3-4,9-11H2,1-2H3,(H3,16,17). The molecule has 1 atom stereocenters. The second-order valence-electron chi connectivity index (χ2n) is 5.07. The summed E-state index contributed by atoms with van der Waals surface area (Å²) in [6.45, 7) is 8.92. The molecule has 1 aromatic carbocycles. The minimum Gasteiger partial charge on any atom is -0.384 e. The zero-order chi connectivity index (χ0) is 13.8. The zero-order valence-electron chi connectivity index (χ0n) is 11.9. The van der Waals surface area contributed by atoms with Crippen LogP contribution in [0.3, 0.4) is 0 Å². The molecule has 1 aromatic rings. The number of benzene rings is 1. The fraction of sp³-hybridized carbons (Fsp3) is 0.533. The third-order valence-corrected chi connectivity index (χ3v) is 4.04. The van der Waals surface area contributed by atoms with Crippen molar-refractivity contribution in [2.24, 2.45) is 5.73 Å². The van der Waals surface area contributed by atoms with E-state index in [1.165, 1.54) is 12.1 Å². The molecule has 1 fully saturated rings. The van der Waals surface area contributed by atoms with Gasteiger partial charge >= 0.3 is 0 Å². The lowest BCUT2D eigenvalue weighted by molar-refractivity contribution is 0.232. The first-order chi connectivity index (χ1) is 9.15. The minimum atomic E-state index is 0.133. The number of nitrogens with two attached hydrogens (primary N) is 1. The SMILES string of the molecule is CCN(CC)C1CCN(c2ccc(C(=N)N)cc2)C1. The molecule has 0 amide bonds. The van der Waals surface area contributed by atoms with Gasteiger partial charge in [0, 0.05) is 30.4 Å². The number of amidine groups is 1. The van der Waals surface area contributed by atoms with Crippen LogP contribution in [0.25, 0.3) is 0 Å². The molecule has 0 spiro atoms. The lowest BCUT2D eigenvalue weighted by atomic mass is 10.2.